The maximum absolute atomic E-state index is 12.9. The van der Waals surface area contributed by atoms with Crippen LogP contribution in [-0.4, -0.2) is 55.1 Å². The molecule has 2 aromatic heterocycles. The quantitative estimate of drug-likeness (QED) is 0.452. The van der Waals surface area contributed by atoms with Crippen LogP contribution in [0.1, 0.15) is 54.8 Å². The highest BCUT2D eigenvalue weighted by Crippen LogP contribution is 2.46. The third-order valence-corrected chi connectivity index (χ3v) is 11.2. The number of thiophene rings is 1. The molecule has 3 aliphatic rings. The van der Waals surface area contributed by atoms with Gasteiger partial charge in [-0.1, -0.05) is 6.92 Å². The van der Waals surface area contributed by atoms with Gasteiger partial charge in [0, 0.05) is 41.3 Å². The summed E-state index contributed by atoms with van der Waals surface area (Å²) in [5.74, 6) is 0.494. The van der Waals surface area contributed by atoms with Gasteiger partial charge in [0.2, 0.25) is 10.0 Å². The van der Waals surface area contributed by atoms with Crippen LogP contribution in [0.5, 0.6) is 0 Å². The number of sulfonamides is 1. The van der Waals surface area contributed by atoms with Gasteiger partial charge in [-0.3, -0.25) is 0 Å². The number of benzene rings is 1. The predicted octanol–water partition coefficient (Wildman–Crippen LogP) is 3.49. The molecule has 8 nitrogen and oxygen atoms in total. The second-order valence-corrected chi connectivity index (χ2v) is 13.7. The molecule has 2 aliphatic heterocycles. The van der Waals surface area contributed by atoms with Crippen molar-refractivity contribution in [2.75, 3.05) is 19.7 Å². The number of nitrogens with one attached hydrogen (secondary N) is 3. The lowest BCUT2D eigenvalue weighted by Gasteiger charge is -2.49. The van der Waals surface area contributed by atoms with Crippen LogP contribution >= 0.6 is 11.3 Å². The highest BCUT2D eigenvalue weighted by Gasteiger charge is 2.45. The van der Waals surface area contributed by atoms with Gasteiger partial charge in [0.25, 0.3) is 0 Å². The zero-order chi connectivity index (χ0) is 25.1. The molecule has 3 N–H and O–H groups in total. The van der Waals surface area contributed by atoms with E-state index in [0.29, 0.717) is 23.0 Å². The molecule has 2 fully saturated rings. The Balaban J connectivity index is 1.04. The number of rotatable bonds is 6. The number of aromatic nitrogens is 2. The third-order valence-electron chi connectivity index (χ3n) is 8.31. The number of hydrogen-bond donors (Lipinski definition) is 3. The Morgan fingerprint density at radius 3 is 2.81 bits per heavy atom. The smallest absolute Gasteiger partial charge is 0.323 e. The molecule has 1 saturated heterocycles. The highest BCUT2D eigenvalue weighted by molar-refractivity contribution is 7.89. The van der Waals surface area contributed by atoms with Crippen LogP contribution in [0.25, 0.3) is 11.0 Å². The molecule has 3 aromatic rings. The maximum Gasteiger partial charge on any atom is 0.323 e. The van der Waals surface area contributed by atoms with Gasteiger partial charge < -0.3 is 19.6 Å². The molecule has 0 unspecified atom stereocenters. The molecule has 6 rings (SSSR count). The van der Waals surface area contributed by atoms with Crippen molar-refractivity contribution in [1.29, 1.82) is 0 Å². The molecule has 0 amide bonds. The normalized spacial score (nSPS) is 28.9. The van der Waals surface area contributed by atoms with E-state index in [1.807, 2.05) is 11.3 Å². The average Bonchev–Trinajstić information content (AvgIpc) is 3.42. The number of fused-ring (bicyclic) bond motifs is 3. The lowest BCUT2D eigenvalue weighted by Crippen LogP contribution is -2.54. The van der Waals surface area contributed by atoms with Crippen LogP contribution in [0, 0.1) is 5.92 Å². The first-order valence-corrected chi connectivity index (χ1v) is 15.3. The van der Waals surface area contributed by atoms with Crippen LogP contribution < -0.4 is 10.4 Å². The Morgan fingerprint density at radius 2 is 2.03 bits per heavy atom. The summed E-state index contributed by atoms with van der Waals surface area (Å²) in [6.07, 6.45) is 5.87. The Morgan fingerprint density at radius 1 is 1.22 bits per heavy atom. The van der Waals surface area contributed by atoms with E-state index >= 15 is 0 Å². The number of aromatic amines is 2. The summed E-state index contributed by atoms with van der Waals surface area (Å²) < 4.78 is 35.1. The number of H-pyrrole nitrogens is 2. The molecule has 1 spiro atoms. The molecule has 36 heavy (non-hydrogen) atoms. The summed E-state index contributed by atoms with van der Waals surface area (Å²) in [5, 5.41) is 0. The number of nitrogens with zero attached hydrogens (tertiary/aromatic N) is 1. The molecule has 4 heterocycles. The second kappa shape index (κ2) is 9.09. The van der Waals surface area contributed by atoms with E-state index in [4.69, 9.17) is 4.74 Å². The third kappa shape index (κ3) is 4.36. The largest absolute Gasteiger partial charge is 0.370 e. The van der Waals surface area contributed by atoms with Gasteiger partial charge in [-0.15, -0.1) is 11.3 Å². The van der Waals surface area contributed by atoms with Gasteiger partial charge >= 0.3 is 5.69 Å². The molecular formula is C26H34N4O4S2. The minimum atomic E-state index is -3.63. The molecule has 1 aliphatic carbocycles. The van der Waals surface area contributed by atoms with Crippen LogP contribution in [0.4, 0.5) is 0 Å². The summed E-state index contributed by atoms with van der Waals surface area (Å²) in [6.45, 7) is 7.37. The number of likely N-dealkylation sites (tertiary alicyclic amines) is 1. The van der Waals surface area contributed by atoms with Crippen molar-refractivity contribution < 1.29 is 13.2 Å². The number of imidazole rings is 1. The summed E-state index contributed by atoms with van der Waals surface area (Å²) in [6, 6.07) is 7.44. The topological polar surface area (TPSA) is 107 Å². The SMILES string of the molecule is CCc1cc2c(s1)CCO[C@@]21CCN(C[C@H]2C[C@@H](NS(=O)(=O)c3ccc4[nH]c(=O)[nH]c4c3)C2)[C@@H](C)C1. The van der Waals surface area contributed by atoms with Crippen molar-refractivity contribution in [2.45, 2.75) is 75.0 Å². The predicted molar refractivity (Wildman–Crippen MR) is 141 cm³/mol. The van der Waals surface area contributed by atoms with E-state index in [-0.39, 0.29) is 22.2 Å². The van der Waals surface area contributed by atoms with E-state index in [1.54, 1.807) is 6.07 Å². The zero-order valence-corrected chi connectivity index (χ0v) is 22.4. The van der Waals surface area contributed by atoms with Crippen molar-refractivity contribution in [1.82, 2.24) is 19.6 Å². The van der Waals surface area contributed by atoms with Crippen molar-refractivity contribution in [3.8, 4) is 0 Å². The van der Waals surface area contributed by atoms with Crippen molar-refractivity contribution in [3.63, 3.8) is 0 Å². The first-order valence-electron chi connectivity index (χ1n) is 13.0. The number of hydrogen-bond acceptors (Lipinski definition) is 6. The van der Waals surface area contributed by atoms with Gasteiger partial charge in [0.1, 0.15) is 0 Å². The summed E-state index contributed by atoms with van der Waals surface area (Å²) >= 11 is 1.97. The van der Waals surface area contributed by atoms with Gasteiger partial charge in [0.15, 0.2) is 0 Å². The summed E-state index contributed by atoms with van der Waals surface area (Å²) in [4.78, 5) is 22.5. The highest BCUT2D eigenvalue weighted by atomic mass is 32.2. The van der Waals surface area contributed by atoms with E-state index in [1.165, 1.54) is 27.5 Å². The van der Waals surface area contributed by atoms with E-state index in [0.717, 1.165) is 58.2 Å². The molecule has 194 valence electrons. The Bertz CT molecular complexity index is 1440. The summed E-state index contributed by atoms with van der Waals surface area (Å²) in [7, 11) is -3.63. The molecule has 0 radical (unpaired) electrons. The van der Waals surface area contributed by atoms with Gasteiger partial charge in [0.05, 0.1) is 28.1 Å². The fourth-order valence-corrected chi connectivity index (χ4v) is 8.79. The van der Waals surface area contributed by atoms with Crippen molar-refractivity contribution >= 4 is 32.4 Å². The van der Waals surface area contributed by atoms with Gasteiger partial charge in [-0.25, -0.2) is 17.9 Å². The lowest BCUT2D eigenvalue weighted by molar-refractivity contribution is -0.114. The van der Waals surface area contributed by atoms with Crippen molar-refractivity contribution in [3.05, 3.63) is 50.1 Å². The van der Waals surface area contributed by atoms with Crippen LogP contribution in [0.15, 0.2) is 34.0 Å². The van der Waals surface area contributed by atoms with Crippen LogP contribution in [0.3, 0.4) is 0 Å². The van der Waals surface area contributed by atoms with Gasteiger partial charge in [-0.2, -0.15) is 0 Å². The molecular weight excluding hydrogens is 496 g/mol. The maximum atomic E-state index is 12.9. The molecule has 1 aromatic carbocycles. The monoisotopic (exact) mass is 530 g/mol. The lowest BCUT2D eigenvalue weighted by atomic mass is 9.77. The Labute approximate surface area is 215 Å². The van der Waals surface area contributed by atoms with E-state index in [9.17, 15) is 13.2 Å². The number of piperidine rings is 1. The Kier molecular flexibility index (Phi) is 6.15. The zero-order valence-electron chi connectivity index (χ0n) is 20.8. The standard InChI is InChI=1S/C26H34N4O4S2/c1-3-19-12-21-24(35-19)6-9-34-26(21)7-8-30(16(2)14-26)15-17-10-18(11-17)29-36(32,33)20-4-5-22-23(13-20)28-25(31)27-22/h4-5,12-13,16-18,29H,3,6-11,14-15H2,1-2H3,(H2,27,28,31)/t16-,17-,18+,26+/m0/s1. The number of aryl methyl sites for hydroxylation is 1. The number of ether oxygens (including phenoxy) is 1. The summed E-state index contributed by atoms with van der Waals surface area (Å²) in [5.41, 5.74) is 2.06. The van der Waals surface area contributed by atoms with Crippen LogP contribution in [0.2, 0.25) is 0 Å². The fourth-order valence-electron chi connectivity index (χ4n) is 6.33. The van der Waals surface area contributed by atoms with Gasteiger partial charge in [-0.05, 0) is 74.8 Å². The van der Waals surface area contributed by atoms with Crippen molar-refractivity contribution in [2.24, 2.45) is 5.92 Å². The average molecular weight is 531 g/mol. The fraction of sp³-hybridized carbons (Fsp3) is 0.577. The van der Waals surface area contributed by atoms with E-state index in [2.05, 4.69) is 39.5 Å². The molecule has 2 atom stereocenters. The first-order chi connectivity index (χ1) is 17.2. The minimum absolute atomic E-state index is 0.0464. The molecule has 1 saturated carbocycles. The molecule has 0 bridgehead atoms. The minimum Gasteiger partial charge on any atom is -0.370 e. The molecule has 10 heteroatoms. The van der Waals surface area contributed by atoms with Crippen LogP contribution in [-0.2, 0) is 33.2 Å². The van der Waals surface area contributed by atoms with E-state index < -0.39 is 10.0 Å². The second-order valence-electron chi connectivity index (χ2n) is 10.7. The Hall–Kier alpha value is -1.98. The first kappa shape index (κ1) is 24.4.